The van der Waals surface area contributed by atoms with Crippen molar-refractivity contribution in [3.05, 3.63) is 53.6 Å². The maximum Gasteiger partial charge on any atom is 0.416 e. The highest BCUT2D eigenvalue weighted by Gasteiger charge is 2.32. The molecule has 0 saturated carbocycles. The Kier molecular flexibility index (Phi) is 6.37. The van der Waals surface area contributed by atoms with E-state index in [9.17, 15) is 18.0 Å². The normalized spacial score (nSPS) is 15.7. The molecule has 1 heterocycles. The summed E-state index contributed by atoms with van der Waals surface area (Å²) in [6.07, 6.45) is -1.09. The molecule has 1 atom stereocenters. The number of carbonyl (C=O) groups excluding carboxylic acids is 2. The van der Waals surface area contributed by atoms with Gasteiger partial charge in [0.25, 0.3) is 10.2 Å². The van der Waals surface area contributed by atoms with E-state index in [1.54, 1.807) is 50.5 Å². The molecule has 11 heteroatoms. The van der Waals surface area contributed by atoms with Crippen molar-refractivity contribution in [2.75, 3.05) is 25.9 Å². The Labute approximate surface area is 180 Å². The number of rotatable bonds is 6. The van der Waals surface area contributed by atoms with Gasteiger partial charge in [0.05, 0.1) is 11.7 Å². The number of anilines is 1. The molecule has 10 nitrogen and oxygen atoms in total. The van der Waals surface area contributed by atoms with Crippen molar-refractivity contribution in [1.29, 1.82) is 0 Å². The van der Waals surface area contributed by atoms with Gasteiger partial charge in [-0.3, -0.25) is 9.62 Å². The van der Waals surface area contributed by atoms with E-state index < -0.39 is 22.4 Å². The van der Waals surface area contributed by atoms with Crippen LogP contribution in [0.1, 0.15) is 24.1 Å². The van der Waals surface area contributed by atoms with E-state index in [4.69, 9.17) is 9.47 Å². The molecule has 1 aliphatic rings. The molecule has 3 rings (SSSR count). The maximum atomic E-state index is 12.6. The molecule has 0 aromatic heterocycles. The molecule has 2 aromatic carbocycles. The molecule has 0 aliphatic carbocycles. The van der Waals surface area contributed by atoms with Gasteiger partial charge in [0.1, 0.15) is 11.5 Å². The second kappa shape index (κ2) is 8.82. The maximum absolute atomic E-state index is 12.6. The van der Waals surface area contributed by atoms with Gasteiger partial charge in [-0.15, -0.1) is 0 Å². The summed E-state index contributed by atoms with van der Waals surface area (Å²) in [4.78, 5) is 27.2. The Morgan fingerprint density at radius 3 is 2.65 bits per heavy atom. The van der Waals surface area contributed by atoms with Gasteiger partial charge in [-0.2, -0.15) is 8.42 Å². The Balaban J connectivity index is 1.78. The number of benzene rings is 2. The molecule has 1 aliphatic heterocycles. The minimum atomic E-state index is -3.65. The molecule has 0 radical (unpaired) electrons. The van der Waals surface area contributed by atoms with Gasteiger partial charge in [0.2, 0.25) is 0 Å². The number of nitrogens with one attached hydrogen (secondary N) is 2. The molecule has 0 saturated heterocycles. The van der Waals surface area contributed by atoms with E-state index in [1.807, 2.05) is 6.92 Å². The summed E-state index contributed by atoms with van der Waals surface area (Å²) in [5.74, 6) is 0.601. The largest absolute Gasteiger partial charge is 0.416 e. The average molecular weight is 449 g/mol. The minimum Gasteiger partial charge on any atom is -0.410 e. The Bertz CT molecular complexity index is 1100. The van der Waals surface area contributed by atoms with Gasteiger partial charge < -0.3 is 14.4 Å². The van der Waals surface area contributed by atoms with Crippen molar-refractivity contribution in [2.24, 2.45) is 0 Å². The monoisotopic (exact) mass is 448 g/mol. The van der Waals surface area contributed by atoms with Crippen LogP contribution in [0.15, 0.2) is 42.5 Å². The summed E-state index contributed by atoms with van der Waals surface area (Å²) in [5, 5.41) is 0. The van der Waals surface area contributed by atoms with Crippen LogP contribution in [0.5, 0.6) is 11.5 Å². The molecule has 2 amide bonds. The third-order valence-corrected chi connectivity index (χ3v) is 5.75. The molecule has 166 valence electrons. The zero-order valence-corrected chi connectivity index (χ0v) is 18.4. The Morgan fingerprint density at radius 2 is 1.97 bits per heavy atom. The second-order valence-corrected chi connectivity index (χ2v) is 8.76. The standard InChI is InChI=1S/C20H24N4O6S/c1-13-17-9-8-16(29-19(25)23(3)4)11-18(17)30-20(26)24(13)12-14-6-5-7-15(10-14)22-31(27,28)21-2/h5-11,13,21-22H,12H2,1-4H3/t13-/m0/s1. The van der Waals surface area contributed by atoms with E-state index in [0.717, 1.165) is 11.1 Å². The van der Waals surface area contributed by atoms with Crippen LogP contribution < -0.4 is 18.9 Å². The molecule has 0 unspecified atom stereocenters. The van der Waals surface area contributed by atoms with Crippen molar-refractivity contribution in [2.45, 2.75) is 19.5 Å². The second-order valence-electron chi connectivity index (χ2n) is 7.14. The number of ether oxygens (including phenoxy) is 2. The van der Waals surface area contributed by atoms with Crippen LogP contribution in [0.2, 0.25) is 0 Å². The van der Waals surface area contributed by atoms with Gasteiger partial charge in [-0.05, 0) is 36.8 Å². The third kappa shape index (κ3) is 5.25. The van der Waals surface area contributed by atoms with Crippen LogP contribution in [-0.2, 0) is 16.8 Å². The van der Waals surface area contributed by atoms with E-state index in [1.165, 1.54) is 22.9 Å². The van der Waals surface area contributed by atoms with Crippen LogP contribution in [0.4, 0.5) is 15.3 Å². The van der Waals surface area contributed by atoms with Gasteiger partial charge in [-0.1, -0.05) is 12.1 Å². The summed E-state index contributed by atoms with van der Waals surface area (Å²) < 4.78 is 38.7. The lowest BCUT2D eigenvalue weighted by Crippen LogP contribution is -2.39. The first-order chi connectivity index (χ1) is 14.6. The fourth-order valence-electron chi connectivity index (χ4n) is 3.02. The number of hydrogen-bond acceptors (Lipinski definition) is 6. The third-order valence-electron chi connectivity index (χ3n) is 4.71. The first-order valence-electron chi connectivity index (χ1n) is 9.41. The Hall–Kier alpha value is -3.31. The molecule has 31 heavy (non-hydrogen) atoms. The number of nitrogens with zero attached hydrogens (tertiary/aromatic N) is 2. The summed E-state index contributed by atoms with van der Waals surface area (Å²) in [7, 11) is 0.799. The lowest BCUT2D eigenvalue weighted by molar-refractivity contribution is 0.117. The average Bonchev–Trinajstić information content (AvgIpc) is 2.71. The fourth-order valence-corrected chi connectivity index (χ4v) is 3.56. The molecule has 2 N–H and O–H groups in total. The fraction of sp³-hybridized carbons (Fsp3) is 0.300. The van der Waals surface area contributed by atoms with Gasteiger partial charge in [0, 0.05) is 39.3 Å². The minimum absolute atomic E-state index is 0.214. The van der Waals surface area contributed by atoms with Crippen molar-refractivity contribution >= 4 is 28.1 Å². The summed E-state index contributed by atoms with van der Waals surface area (Å²) in [5.41, 5.74) is 1.86. The predicted molar refractivity (Wildman–Crippen MR) is 114 cm³/mol. The van der Waals surface area contributed by atoms with E-state index in [-0.39, 0.29) is 18.3 Å². The lowest BCUT2D eigenvalue weighted by Gasteiger charge is -2.34. The Morgan fingerprint density at radius 1 is 1.23 bits per heavy atom. The van der Waals surface area contributed by atoms with Crippen LogP contribution in [0, 0.1) is 0 Å². The molecule has 0 bridgehead atoms. The van der Waals surface area contributed by atoms with Crippen LogP contribution >= 0.6 is 0 Å². The van der Waals surface area contributed by atoms with E-state index >= 15 is 0 Å². The van der Waals surface area contributed by atoms with Gasteiger partial charge in [0.15, 0.2) is 0 Å². The first kappa shape index (κ1) is 22.4. The van der Waals surface area contributed by atoms with Crippen LogP contribution in [0.25, 0.3) is 0 Å². The molecular formula is C20H24N4O6S. The smallest absolute Gasteiger partial charge is 0.410 e. The highest BCUT2D eigenvalue weighted by atomic mass is 32.2. The van der Waals surface area contributed by atoms with Crippen LogP contribution in [-0.4, -0.2) is 51.5 Å². The lowest BCUT2D eigenvalue weighted by atomic mass is 10.0. The van der Waals surface area contributed by atoms with Crippen molar-refractivity contribution in [3.8, 4) is 11.5 Å². The van der Waals surface area contributed by atoms with Gasteiger partial charge in [-0.25, -0.2) is 14.3 Å². The topological polar surface area (TPSA) is 117 Å². The molecule has 0 spiro atoms. The molecular weight excluding hydrogens is 424 g/mol. The predicted octanol–water partition coefficient (Wildman–Crippen LogP) is 2.70. The van der Waals surface area contributed by atoms with Crippen molar-refractivity contribution < 1.29 is 27.5 Å². The summed E-state index contributed by atoms with van der Waals surface area (Å²) in [6, 6.07) is 11.3. The van der Waals surface area contributed by atoms with E-state index in [2.05, 4.69) is 9.44 Å². The van der Waals surface area contributed by atoms with Gasteiger partial charge >= 0.3 is 12.2 Å². The van der Waals surface area contributed by atoms with Crippen molar-refractivity contribution in [1.82, 2.24) is 14.5 Å². The molecule has 0 fully saturated rings. The van der Waals surface area contributed by atoms with Crippen LogP contribution in [0.3, 0.4) is 0 Å². The summed E-state index contributed by atoms with van der Waals surface area (Å²) in [6.45, 7) is 2.07. The number of fused-ring (bicyclic) bond motifs is 1. The van der Waals surface area contributed by atoms with E-state index in [0.29, 0.717) is 11.4 Å². The SMILES string of the molecule is CNS(=O)(=O)Nc1cccc(CN2C(=O)Oc3cc(OC(=O)N(C)C)ccc3[C@@H]2C)c1. The number of amides is 2. The molecule has 2 aromatic rings. The van der Waals surface area contributed by atoms with Crippen molar-refractivity contribution in [3.63, 3.8) is 0 Å². The summed E-state index contributed by atoms with van der Waals surface area (Å²) >= 11 is 0. The zero-order chi connectivity index (χ0) is 22.8. The first-order valence-corrected chi connectivity index (χ1v) is 10.9. The zero-order valence-electron chi connectivity index (χ0n) is 17.6. The quantitative estimate of drug-likeness (QED) is 0.702. The number of carbonyl (C=O) groups is 2. The highest BCUT2D eigenvalue weighted by Crippen LogP contribution is 2.38. The number of hydrogen-bond donors (Lipinski definition) is 2. The highest BCUT2D eigenvalue weighted by molar-refractivity contribution is 7.90.